The monoisotopic (exact) mass is 407 g/mol. The fourth-order valence-electron chi connectivity index (χ4n) is 3.48. The van der Waals surface area contributed by atoms with Gasteiger partial charge in [0.1, 0.15) is 18.0 Å². The maximum atomic E-state index is 13.4. The van der Waals surface area contributed by atoms with Crippen LogP contribution >= 0.6 is 0 Å². The molecule has 0 spiro atoms. The van der Waals surface area contributed by atoms with E-state index >= 15 is 0 Å². The lowest BCUT2D eigenvalue weighted by Gasteiger charge is -2.33. The van der Waals surface area contributed by atoms with Crippen molar-refractivity contribution in [3.05, 3.63) is 66.4 Å². The van der Waals surface area contributed by atoms with Crippen LogP contribution in [0.4, 0.5) is 10.2 Å². The van der Waals surface area contributed by atoms with E-state index < -0.39 is 0 Å². The van der Waals surface area contributed by atoms with Gasteiger partial charge < -0.3 is 15.0 Å². The molecule has 0 atom stereocenters. The molecule has 0 aliphatic carbocycles. The number of anilines is 1. The zero-order chi connectivity index (χ0) is 20.9. The minimum absolute atomic E-state index is 0.0837. The first-order valence-corrected chi connectivity index (χ1v) is 9.76. The molecule has 1 fully saturated rings. The van der Waals surface area contributed by atoms with E-state index in [4.69, 9.17) is 4.74 Å². The molecule has 0 radical (unpaired) electrons. The molecular formula is C22H22FN5O2. The third-order valence-corrected chi connectivity index (χ3v) is 5.14. The molecule has 0 bridgehead atoms. The second-order valence-electron chi connectivity index (χ2n) is 7.10. The number of amides is 1. The van der Waals surface area contributed by atoms with E-state index in [-0.39, 0.29) is 17.8 Å². The van der Waals surface area contributed by atoms with Crippen LogP contribution < -0.4 is 15.0 Å². The zero-order valence-corrected chi connectivity index (χ0v) is 16.6. The molecule has 30 heavy (non-hydrogen) atoms. The van der Waals surface area contributed by atoms with Crippen LogP contribution in [0.5, 0.6) is 5.88 Å². The maximum absolute atomic E-state index is 13.4. The van der Waals surface area contributed by atoms with Gasteiger partial charge in [-0.2, -0.15) is 0 Å². The number of nitrogens with one attached hydrogen (secondary N) is 1. The summed E-state index contributed by atoms with van der Waals surface area (Å²) in [4.78, 5) is 27.4. The van der Waals surface area contributed by atoms with Crippen molar-refractivity contribution < 1.29 is 13.9 Å². The summed E-state index contributed by atoms with van der Waals surface area (Å²) in [5.41, 5.74) is 1.79. The molecule has 7 nitrogen and oxygen atoms in total. The van der Waals surface area contributed by atoms with Gasteiger partial charge in [0.05, 0.1) is 18.4 Å². The van der Waals surface area contributed by atoms with Gasteiger partial charge in [-0.15, -0.1) is 0 Å². The fourth-order valence-corrected chi connectivity index (χ4v) is 3.48. The van der Waals surface area contributed by atoms with Crippen LogP contribution in [0.3, 0.4) is 0 Å². The molecule has 154 valence electrons. The van der Waals surface area contributed by atoms with Crippen LogP contribution in [0.2, 0.25) is 0 Å². The van der Waals surface area contributed by atoms with Crippen LogP contribution in [0, 0.1) is 5.82 Å². The Morgan fingerprint density at radius 1 is 1.13 bits per heavy atom. The summed E-state index contributed by atoms with van der Waals surface area (Å²) >= 11 is 0. The van der Waals surface area contributed by atoms with Crippen LogP contribution in [-0.2, 0) is 0 Å². The molecule has 2 aromatic heterocycles. The lowest BCUT2D eigenvalue weighted by Crippen LogP contribution is -2.45. The Morgan fingerprint density at radius 3 is 2.67 bits per heavy atom. The van der Waals surface area contributed by atoms with E-state index in [0.717, 1.165) is 31.7 Å². The normalized spacial score (nSPS) is 14.4. The minimum atomic E-state index is -0.317. The van der Waals surface area contributed by atoms with E-state index in [9.17, 15) is 9.18 Å². The summed E-state index contributed by atoms with van der Waals surface area (Å²) in [7, 11) is 1.58. The van der Waals surface area contributed by atoms with Crippen molar-refractivity contribution >= 4 is 11.7 Å². The average Bonchev–Trinajstić information content (AvgIpc) is 2.80. The van der Waals surface area contributed by atoms with Gasteiger partial charge in [0.15, 0.2) is 0 Å². The Bertz CT molecular complexity index is 1020. The molecule has 1 saturated heterocycles. The smallest absolute Gasteiger partial charge is 0.253 e. The van der Waals surface area contributed by atoms with E-state index in [2.05, 4.69) is 25.2 Å². The van der Waals surface area contributed by atoms with E-state index in [1.807, 2.05) is 6.07 Å². The molecule has 0 saturated carbocycles. The number of aromatic nitrogens is 3. The standard InChI is InChI=1S/C22H22FN5O2/c1-30-21-12-20(25-14-26-21)28-9-7-18(8-10-28)27-22(29)16-5-6-19(24-13-16)15-3-2-4-17(23)11-15/h2-6,11-14,18H,7-10H2,1H3,(H,27,29). The predicted molar refractivity (Wildman–Crippen MR) is 111 cm³/mol. The molecule has 3 heterocycles. The highest BCUT2D eigenvalue weighted by atomic mass is 19.1. The molecule has 3 aromatic rings. The molecule has 8 heteroatoms. The number of pyridine rings is 1. The highest BCUT2D eigenvalue weighted by Gasteiger charge is 2.22. The second kappa shape index (κ2) is 8.86. The van der Waals surface area contributed by atoms with Crippen molar-refractivity contribution in [2.24, 2.45) is 0 Å². The van der Waals surface area contributed by atoms with Crippen molar-refractivity contribution in [3.63, 3.8) is 0 Å². The SMILES string of the molecule is COc1cc(N2CCC(NC(=O)c3ccc(-c4cccc(F)c4)nc3)CC2)ncn1. The van der Waals surface area contributed by atoms with Gasteiger partial charge in [-0.05, 0) is 37.1 Å². The summed E-state index contributed by atoms with van der Waals surface area (Å²) in [5.74, 6) is 0.881. The number of carbonyl (C=O) groups excluding carboxylic acids is 1. The van der Waals surface area contributed by atoms with Crippen molar-refractivity contribution in [3.8, 4) is 17.1 Å². The molecule has 4 rings (SSSR count). The highest BCUT2D eigenvalue weighted by molar-refractivity contribution is 5.94. The van der Waals surface area contributed by atoms with Gasteiger partial charge in [-0.25, -0.2) is 14.4 Å². The topological polar surface area (TPSA) is 80.2 Å². The fraction of sp³-hybridized carbons (Fsp3) is 0.273. The number of benzene rings is 1. The first-order valence-electron chi connectivity index (χ1n) is 9.76. The zero-order valence-electron chi connectivity index (χ0n) is 16.6. The predicted octanol–water partition coefficient (Wildman–Crippen LogP) is 3.09. The van der Waals surface area contributed by atoms with Gasteiger partial charge in [0, 0.05) is 37.0 Å². The molecule has 1 N–H and O–H groups in total. The van der Waals surface area contributed by atoms with Crippen LogP contribution in [0.15, 0.2) is 55.0 Å². The summed E-state index contributed by atoms with van der Waals surface area (Å²) in [6.07, 6.45) is 4.64. The van der Waals surface area contributed by atoms with E-state index in [1.54, 1.807) is 31.4 Å². The summed E-state index contributed by atoms with van der Waals surface area (Å²) in [6.45, 7) is 1.56. The third-order valence-electron chi connectivity index (χ3n) is 5.14. The molecular weight excluding hydrogens is 385 g/mol. The highest BCUT2D eigenvalue weighted by Crippen LogP contribution is 2.21. The van der Waals surface area contributed by atoms with E-state index in [1.165, 1.54) is 24.7 Å². The van der Waals surface area contributed by atoms with Crippen LogP contribution in [-0.4, -0.2) is 47.1 Å². The number of ether oxygens (including phenoxy) is 1. The Morgan fingerprint density at radius 2 is 1.97 bits per heavy atom. The quantitative estimate of drug-likeness (QED) is 0.700. The van der Waals surface area contributed by atoms with Crippen molar-refractivity contribution in [2.45, 2.75) is 18.9 Å². The van der Waals surface area contributed by atoms with Gasteiger partial charge in [-0.1, -0.05) is 12.1 Å². The number of piperidine rings is 1. The lowest BCUT2D eigenvalue weighted by atomic mass is 10.0. The summed E-state index contributed by atoms with van der Waals surface area (Å²) < 4.78 is 18.5. The van der Waals surface area contributed by atoms with Gasteiger partial charge in [0.25, 0.3) is 5.91 Å². The maximum Gasteiger partial charge on any atom is 0.253 e. The van der Waals surface area contributed by atoms with Crippen LogP contribution in [0.25, 0.3) is 11.3 Å². The van der Waals surface area contributed by atoms with Crippen molar-refractivity contribution in [1.82, 2.24) is 20.3 Å². The third kappa shape index (κ3) is 4.53. The largest absolute Gasteiger partial charge is 0.481 e. The molecule has 0 unspecified atom stereocenters. The second-order valence-corrected chi connectivity index (χ2v) is 7.10. The van der Waals surface area contributed by atoms with Crippen LogP contribution in [0.1, 0.15) is 23.2 Å². The number of carbonyl (C=O) groups is 1. The Labute approximate surface area is 174 Å². The molecule has 1 amide bonds. The summed E-state index contributed by atoms with van der Waals surface area (Å²) in [6, 6.07) is 11.6. The Hall–Kier alpha value is -3.55. The van der Waals surface area contributed by atoms with E-state index in [0.29, 0.717) is 22.7 Å². The van der Waals surface area contributed by atoms with Crippen molar-refractivity contribution in [1.29, 1.82) is 0 Å². The van der Waals surface area contributed by atoms with Gasteiger partial charge in [0.2, 0.25) is 5.88 Å². The molecule has 1 aliphatic rings. The number of hydrogen-bond donors (Lipinski definition) is 1. The molecule has 1 aliphatic heterocycles. The first kappa shape index (κ1) is 19.8. The molecule has 1 aromatic carbocycles. The number of methoxy groups -OCH3 is 1. The Balaban J connectivity index is 1.33. The van der Waals surface area contributed by atoms with Gasteiger partial charge >= 0.3 is 0 Å². The number of rotatable bonds is 5. The summed E-state index contributed by atoms with van der Waals surface area (Å²) in [5, 5.41) is 3.08. The first-order chi connectivity index (χ1) is 14.6. The lowest BCUT2D eigenvalue weighted by molar-refractivity contribution is 0.0930. The number of halogens is 1. The Kier molecular flexibility index (Phi) is 5.83. The van der Waals surface area contributed by atoms with Crippen molar-refractivity contribution in [2.75, 3.05) is 25.1 Å². The minimum Gasteiger partial charge on any atom is -0.481 e. The number of nitrogens with zero attached hydrogens (tertiary/aromatic N) is 4. The van der Waals surface area contributed by atoms with Gasteiger partial charge in [-0.3, -0.25) is 9.78 Å². The number of hydrogen-bond acceptors (Lipinski definition) is 6. The average molecular weight is 407 g/mol.